The highest BCUT2D eigenvalue weighted by atomic mass is 19.3. The average molecular weight is 256 g/mol. The van der Waals surface area contributed by atoms with Crippen LogP contribution in [0.15, 0.2) is 30.3 Å². The van der Waals surface area contributed by atoms with Gasteiger partial charge in [0.25, 0.3) is 6.43 Å². The fraction of sp³-hybridized carbons (Fsp3) is 0.462. The van der Waals surface area contributed by atoms with E-state index in [0.717, 1.165) is 5.56 Å². The van der Waals surface area contributed by atoms with Crippen molar-refractivity contribution in [1.82, 2.24) is 10.2 Å². The summed E-state index contributed by atoms with van der Waals surface area (Å²) < 4.78 is 24.9. The molecular formula is C13H18F2N2O. The number of carbonyl (C=O) groups excluding carboxylic acids is 1. The number of carbonyl (C=O) groups is 1. The Morgan fingerprint density at radius 2 is 2.00 bits per heavy atom. The Kier molecular flexibility index (Phi) is 6.28. The van der Waals surface area contributed by atoms with E-state index in [9.17, 15) is 13.6 Å². The molecule has 0 atom stereocenters. The lowest BCUT2D eigenvalue weighted by Gasteiger charge is -2.22. The second kappa shape index (κ2) is 7.76. The zero-order valence-electron chi connectivity index (χ0n) is 10.4. The zero-order chi connectivity index (χ0) is 13.4. The Bertz CT molecular complexity index is 357. The summed E-state index contributed by atoms with van der Waals surface area (Å²) in [6.07, 6.45) is -2.27. The predicted octanol–water partition coefficient (Wildman–Crippen LogP) is 1.89. The van der Waals surface area contributed by atoms with E-state index >= 15 is 0 Å². The van der Waals surface area contributed by atoms with Crippen molar-refractivity contribution in [3.63, 3.8) is 0 Å². The van der Waals surface area contributed by atoms with Crippen LogP contribution in [0.25, 0.3) is 0 Å². The van der Waals surface area contributed by atoms with Crippen LogP contribution in [-0.2, 0) is 11.3 Å². The van der Waals surface area contributed by atoms with Crippen molar-refractivity contribution in [2.75, 3.05) is 20.1 Å². The molecule has 0 spiro atoms. The SMILES string of the molecule is CNCCC(=O)N(Cc1ccccc1)CC(F)F. The number of hydrogen-bond donors (Lipinski definition) is 1. The van der Waals surface area contributed by atoms with Crippen molar-refractivity contribution in [2.45, 2.75) is 19.4 Å². The molecule has 18 heavy (non-hydrogen) atoms. The first-order valence-corrected chi connectivity index (χ1v) is 5.88. The zero-order valence-corrected chi connectivity index (χ0v) is 10.4. The number of rotatable bonds is 7. The summed E-state index contributed by atoms with van der Waals surface area (Å²) in [5.41, 5.74) is 0.857. The maximum atomic E-state index is 12.5. The van der Waals surface area contributed by atoms with E-state index < -0.39 is 13.0 Å². The number of nitrogens with one attached hydrogen (secondary N) is 1. The lowest BCUT2D eigenvalue weighted by molar-refractivity contribution is -0.133. The van der Waals surface area contributed by atoms with Crippen LogP contribution >= 0.6 is 0 Å². The summed E-state index contributed by atoms with van der Waals surface area (Å²) in [4.78, 5) is 13.0. The third-order valence-corrected chi connectivity index (χ3v) is 2.52. The molecule has 0 heterocycles. The van der Waals surface area contributed by atoms with E-state index in [1.807, 2.05) is 30.3 Å². The van der Waals surface area contributed by atoms with Gasteiger partial charge in [0, 0.05) is 19.5 Å². The average Bonchev–Trinajstić information content (AvgIpc) is 2.36. The molecule has 3 nitrogen and oxygen atoms in total. The maximum absolute atomic E-state index is 12.5. The smallest absolute Gasteiger partial charge is 0.255 e. The Morgan fingerprint density at radius 1 is 1.33 bits per heavy atom. The van der Waals surface area contributed by atoms with Gasteiger partial charge in [0.1, 0.15) is 0 Å². The van der Waals surface area contributed by atoms with Crippen molar-refractivity contribution in [3.05, 3.63) is 35.9 Å². The minimum atomic E-state index is -2.51. The monoisotopic (exact) mass is 256 g/mol. The highest BCUT2D eigenvalue weighted by Crippen LogP contribution is 2.08. The summed E-state index contributed by atoms with van der Waals surface area (Å²) in [5, 5.41) is 2.84. The minimum Gasteiger partial charge on any atom is -0.333 e. The van der Waals surface area contributed by atoms with E-state index in [2.05, 4.69) is 5.32 Å². The summed E-state index contributed by atoms with van der Waals surface area (Å²) in [6.45, 7) is 0.207. The van der Waals surface area contributed by atoms with Gasteiger partial charge in [-0.05, 0) is 12.6 Å². The van der Waals surface area contributed by atoms with E-state index in [1.165, 1.54) is 4.90 Å². The van der Waals surface area contributed by atoms with E-state index in [1.54, 1.807) is 7.05 Å². The molecular weight excluding hydrogens is 238 g/mol. The van der Waals surface area contributed by atoms with Gasteiger partial charge in [-0.2, -0.15) is 0 Å². The van der Waals surface area contributed by atoms with Crippen LogP contribution in [0.2, 0.25) is 0 Å². The molecule has 0 aromatic heterocycles. The molecule has 1 aromatic rings. The summed E-state index contributed by atoms with van der Waals surface area (Å²) in [7, 11) is 1.72. The van der Waals surface area contributed by atoms with Crippen molar-refractivity contribution >= 4 is 5.91 Å². The molecule has 0 aliphatic rings. The lowest BCUT2D eigenvalue weighted by Crippen LogP contribution is -2.35. The van der Waals surface area contributed by atoms with Gasteiger partial charge >= 0.3 is 0 Å². The quantitative estimate of drug-likeness (QED) is 0.808. The number of benzene rings is 1. The molecule has 0 aliphatic heterocycles. The van der Waals surface area contributed by atoms with Gasteiger partial charge in [-0.3, -0.25) is 4.79 Å². The first-order valence-electron chi connectivity index (χ1n) is 5.88. The third-order valence-electron chi connectivity index (χ3n) is 2.52. The lowest BCUT2D eigenvalue weighted by atomic mass is 10.2. The van der Waals surface area contributed by atoms with Gasteiger partial charge in [0.2, 0.25) is 5.91 Å². The maximum Gasteiger partial charge on any atom is 0.255 e. The molecule has 0 aliphatic carbocycles. The minimum absolute atomic E-state index is 0.230. The van der Waals surface area contributed by atoms with Crippen molar-refractivity contribution in [1.29, 1.82) is 0 Å². The third kappa shape index (κ3) is 5.23. The molecule has 100 valence electrons. The predicted molar refractivity (Wildman–Crippen MR) is 66.4 cm³/mol. The van der Waals surface area contributed by atoms with Gasteiger partial charge in [-0.15, -0.1) is 0 Å². The van der Waals surface area contributed by atoms with E-state index in [0.29, 0.717) is 6.54 Å². The van der Waals surface area contributed by atoms with Crippen LogP contribution in [0.1, 0.15) is 12.0 Å². The van der Waals surface area contributed by atoms with Gasteiger partial charge in [0.15, 0.2) is 0 Å². The largest absolute Gasteiger partial charge is 0.333 e. The molecule has 0 saturated carbocycles. The molecule has 1 rings (SSSR count). The summed E-state index contributed by atoms with van der Waals surface area (Å²) in [5.74, 6) is -0.256. The van der Waals surface area contributed by atoms with Gasteiger partial charge in [0.05, 0.1) is 6.54 Å². The van der Waals surface area contributed by atoms with E-state index in [-0.39, 0.29) is 18.9 Å². The highest BCUT2D eigenvalue weighted by Gasteiger charge is 2.17. The van der Waals surface area contributed by atoms with Crippen LogP contribution < -0.4 is 5.32 Å². The van der Waals surface area contributed by atoms with Crippen LogP contribution in [0.5, 0.6) is 0 Å². The number of amides is 1. The highest BCUT2D eigenvalue weighted by molar-refractivity contribution is 5.76. The Morgan fingerprint density at radius 3 is 2.56 bits per heavy atom. The van der Waals surface area contributed by atoms with Crippen molar-refractivity contribution in [2.24, 2.45) is 0 Å². The molecule has 0 bridgehead atoms. The van der Waals surface area contributed by atoms with Crippen LogP contribution in [0.3, 0.4) is 0 Å². The first kappa shape index (κ1) is 14.6. The molecule has 0 unspecified atom stereocenters. The van der Waals surface area contributed by atoms with Crippen molar-refractivity contribution < 1.29 is 13.6 Å². The molecule has 0 fully saturated rings. The standard InChI is InChI=1S/C13H18F2N2O/c1-16-8-7-13(18)17(10-12(14)15)9-11-5-3-2-4-6-11/h2-6,12,16H,7-10H2,1H3. The fourth-order valence-corrected chi connectivity index (χ4v) is 1.61. The number of alkyl halides is 2. The van der Waals surface area contributed by atoms with E-state index in [4.69, 9.17) is 0 Å². The molecule has 5 heteroatoms. The molecule has 0 radical (unpaired) electrons. The van der Waals surface area contributed by atoms with Gasteiger partial charge in [-0.1, -0.05) is 30.3 Å². The van der Waals surface area contributed by atoms with Crippen LogP contribution in [0.4, 0.5) is 8.78 Å². The first-order chi connectivity index (χ1) is 8.63. The fourth-order valence-electron chi connectivity index (χ4n) is 1.61. The second-order valence-corrected chi connectivity index (χ2v) is 4.00. The molecule has 1 amide bonds. The Labute approximate surface area is 106 Å². The number of nitrogens with zero attached hydrogens (tertiary/aromatic N) is 1. The van der Waals surface area contributed by atoms with Crippen LogP contribution in [-0.4, -0.2) is 37.4 Å². The van der Waals surface area contributed by atoms with Gasteiger partial charge < -0.3 is 10.2 Å². The summed E-state index contributed by atoms with van der Waals surface area (Å²) in [6, 6.07) is 9.15. The topological polar surface area (TPSA) is 32.3 Å². The number of hydrogen-bond acceptors (Lipinski definition) is 2. The van der Waals surface area contributed by atoms with Crippen LogP contribution in [0, 0.1) is 0 Å². The summed E-state index contributed by atoms with van der Waals surface area (Å²) >= 11 is 0. The Hall–Kier alpha value is -1.49. The number of halogens is 2. The van der Waals surface area contributed by atoms with Gasteiger partial charge in [-0.25, -0.2) is 8.78 Å². The normalized spacial score (nSPS) is 10.7. The second-order valence-electron chi connectivity index (χ2n) is 4.00. The molecule has 1 N–H and O–H groups in total. The molecule has 1 aromatic carbocycles. The van der Waals surface area contributed by atoms with Crippen molar-refractivity contribution in [3.8, 4) is 0 Å². The Balaban J connectivity index is 2.63. The molecule has 0 saturated heterocycles.